The van der Waals surface area contributed by atoms with Gasteiger partial charge in [0.2, 0.25) is 0 Å². The van der Waals surface area contributed by atoms with Crippen molar-refractivity contribution in [2.75, 3.05) is 26.7 Å². The van der Waals surface area contributed by atoms with Crippen LogP contribution in [0.3, 0.4) is 0 Å². The second-order valence-electron chi connectivity index (χ2n) is 4.72. The lowest BCUT2D eigenvalue weighted by molar-refractivity contribution is 0.0659. The summed E-state index contributed by atoms with van der Waals surface area (Å²) in [5.74, 6) is 1.05. The number of rotatable bonds is 4. The average Bonchev–Trinajstić information content (AvgIpc) is 2.62. The highest BCUT2D eigenvalue weighted by molar-refractivity contribution is 5.12. The average molecular weight is 238 g/mol. The fraction of sp³-hybridized carbons (Fsp3) is 0.692. The second kappa shape index (κ2) is 6.19. The van der Waals surface area contributed by atoms with Crippen LogP contribution in [0, 0.1) is 0 Å². The topological polar surface area (TPSA) is 37.6 Å². The fourth-order valence-electron chi connectivity index (χ4n) is 2.25. The molecule has 96 valence electrons. The van der Waals surface area contributed by atoms with Crippen molar-refractivity contribution >= 4 is 0 Å². The van der Waals surface area contributed by atoms with Crippen LogP contribution >= 0.6 is 0 Å². The van der Waals surface area contributed by atoms with Crippen LogP contribution in [0.15, 0.2) is 16.7 Å². The van der Waals surface area contributed by atoms with E-state index in [0.717, 1.165) is 45.0 Å². The number of ether oxygens (including phenoxy) is 1. The van der Waals surface area contributed by atoms with E-state index in [2.05, 4.69) is 23.2 Å². The molecule has 1 aliphatic rings. The van der Waals surface area contributed by atoms with Crippen LogP contribution in [0.25, 0.3) is 0 Å². The Morgan fingerprint density at radius 3 is 3.24 bits per heavy atom. The van der Waals surface area contributed by atoms with E-state index < -0.39 is 0 Å². The molecule has 17 heavy (non-hydrogen) atoms. The van der Waals surface area contributed by atoms with Crippen LogP contribution in [0.4, 0.5) is 0 Å². The number of hydrogen-bond donors (Lipinski definition) is 1. The highest BCUT2D eigenvalue weighted by atomic mass is 16.5. The molecular weight excluding hydrogens is 216 g/mol. The number of furan rings is 1. The first-order chi connectivity index (χ1) is 8.28. The molecule has 1 aromatic rings. The van der Waals surface area contributed by atoms with Gasteiger partial charge in [-0.25, -0.2) is 0 Å². The lowest BCUT2D eigenvalue weighted by Crippen LogP contribution is -2.29. The van der Waals surface area contributed by atoms with Crippen LogP contribution in [0.2, 0.25) is 0 Å². The zero-order valence-electron chi connectivity index (χ0n) is 10.7. The quantitative estimate of drug-likeness (QED) is 0.865. The maximum Gasteiger partial charge on any atom is 0.118 e. The van der Waals surface area contributed by atoms with Crippen molar-refractivity contribution in [2.45, 2.75) is 32.5 Å². The molecule has 1 unspecified atom stereocenters. The minimum Gasteiger partial charge on any atom is -0.468 e. The van der Waals surface area contributed by atoms with Crippen LogP contribution in [-0.2, 0) is 17.8 Å². The number of hydrogen-bond acceptors (Lipinski definition) is 4. The maximum absolute atomic E-state index is 5.63. The van der Waals surface area contributed by atoms with Crippen LogP contribution in [0.5, 0.6) is 0 Å². The molecule has 1 fully saturated rings. The van der Waals surface area contributed by atoms with Gasteiger partial charge in [0, 0.05) is 31.8 Å². The predicted octanol–water partition coefficient (Wildman–Crippen LogP) is 1.61. The molecular formula is C13H22N2O2. The van der Waals surface area contributed by atoms with E-state index in [4.69, 9.17) is 9.15 Å². The Morgan fingerprint density at radius 1 is 1.53 bits per heavy atom. The van der Waals surface area contributed by atoms with Gasteiger partial charge in [-0.05, 0) is 26.5 Å². The summed E-state index contributed by atoms with van der Waals surface area (Å²) in [5.41, 5.74) is 1.21. The van der Waals surface area contributed by atoms with Gasteiger partial charge >= 0.3 is 0 Å². The van der Waals surface area contributed by atoms with Gasteiger partial charge in [0.1, 0.15) is 5.76 Å². The normalized spacial score (nSPS) is 22.6. The highest BCUT2D eigenvalue weighted by Gasteiger charge is 2.16. The summed E-state index contributed by atoms with van der Waals surface area (Å²) < 4.78 is 11.2. The third-order valence-corrected chi connectivity index (χ3v) is 3.00. The third kappa shape index (κ3) is 3.84. The van der Waals surface area contributed by atoms with E-state index in [9.17, 15) is 0 Å². The van der Waals surface area contributed by atoms with Crippen molar-refractivity contribution in [3.8, 4) is 0 Å². The summed E-state index contributed by atoms with van der Waals surface area (Å²) in [5, 5.41) is 3.12. The zero-order chi connectivity index (χ0) is 12.1. The summed E-state index contributed by atoms with van der Waals surface area (Å²) in [6, 6.07) is 2.13. The smallest absolute Gasteiger partial charge is 0.118 e. The maximum atomic E-state index is 5.63. The van der Waals surface area contributed by atoms with Gasteiger partial charge in [-0.1, -0.05) is 0 Å². The lowest BCUT2D eigenvalue weighted by atomic mass is 10.3. The standard InChI is InChI=1S/C13H22N2O2/c1-11-8-15(4-3-5-16-11)9-13-6-12(7-14-2)10-17-13/h6,10-11,14H,3-5,7-9H2,1-2H3. The number of nitrogens with one attached hydrogen (secondary N) is 1. The molecule has 0 amide bonds. The van der Waals surface area contributed by atoms with Crippen molar-refractivity contribution < 1.29 is 9.15 Å². The van der Waals surface area contributed by atoms with Crippen molar-refractivity contribution in [1.82, 2.24) is 10.2 Å². The molecule has 0 aromatic carbocycles. The van der Waals surface area contributed by atoms with E-state index in [-0.39, 0.29) is 0 Å². The Hall–Kier alpha value is -0.840. The largest absolute Gasteiger partial charge is 0.468 e. The van der Waals surface area contributed by atoms with Crippen LogP contribution in [-0.4, -0.2) is 37.7 Å². The lowest BCUT2D eigenvalue weighted by Gasteiger charge is -2.20. The molecule has 4 nitrogen and oxygen atoms in total. The van der Waals surface area contributed by atoms with E-state index in [1.165, 1.54) is 5.56 Å². The van der Waals surface area contributed by atoms with Gasteiger partial charge in [-0.2, -0.15) is 0 Å². The number of nitrogens with zero attached hydrogens (tertiary/aromatic N) is 1. The Kier molecular flexibility index (Phi) is 4.59. The molecule has 0 bridgehead atoms. The van der Waals surface area contributed by atoms with E-state index in [1.54, 1.807) is 0 Å². The second-order valence-corrected chi connectivity index (χ2v) is 4.72. The van der Waals surface area contributed by atoms with E-state index in [0.29, 0.717) is 6.10 Å². The molecule has 2 rings (SSSR count). The molecule has 0 aliphatic carbocycles. The molecule has 1 atom stereocenters. The van der Waals surface area contributed by atoms with Crippen LogP contribution < -0.4 is 5.32 Å². The summed E-state index contributed by atoms with van der Waals surface area (Å²) in [6.07, 6.45) is 3.27. The SMILES string of the molecule is CNCc1coc(CN2CCCOC(C)C2)c1. The summed E-state index contributed by atoms with van der Waals surface area (Å²) in [6.45, 7) is 6.84. The Morgan fingerprint density at radius 2 is 2.41 bits per heavy atom. The molecule has 4 heteroatoms. The molecule has 0 spiro atoms. The van der Waals surface area contributed by atoms with Crippen molar-refractivity contribution in [3.63, 3.8) is 0 Å². The van der Waals surface area contributed by atoms with Gasteiger partial charge in [0.05, 0.1) is 18.9 Å². The van der Waals surface area contributed by atoms with Gasteiger partial charge in [0.15, 0.2) is 0 Å². The molecule has 1 N–H and O–H groups in total. The Labute approximate surface area is 103 Å². The molecule has 1 aliphatic heterocycles. The first-order valence-electron chi connectivity index (χ1n) is 6.33. The minimum absolute atomic E-state index is 0.323. The molecule has 1 saturated heterocycles. The minimum atomic E-state index is 0.323. The van der Waals surface area contributed by atoms with Gasteiger partial charge in [0.25, 0.3) is 0 Å². The Bertz CT molecular complexity index is 338. The van der Waals surface area contributed by atoms with Gasteiger partial charge in [-0.3, -0.25) is 4.90 Å². The van der Waals surface area contributed by atoms with E-state index in [1.807, 2.05) is 13.3 Å². The molecule has 2 heterocycles. The first-order valence-corrected chi connectivity index (χ1v) is 6.33. The monoisotopic (exact) mass is 238 g/mol. The van der Waals surface area contributed by atoms with Gasteiger partial charge in [-0.15, -0.1) is 0 Å². The van der Waals surface area contributed by atoms with Crippen molar-refractivity contribution in [2.24, 2.45) is 0 Å². The predicted molar refractivity (Wildman–Crippen MR) is 66.8 cm³/mol. The highest BCUT2D eigenvalue weighted by Crippen LogP contribution is 2.13. The molecule has 1 aromatic heterocycles. The summed E-state index contributed by atoms with van der Waals surface area (Å²) in [4.78, 5) is 2.40. The fourth-order valence-corrected chi connectivity index (χ4v) is 2.25. The third-order valence-electron chi connectivity index (χ3n) is 3.00. The molecule has 0 saturated carbocycles. The Balaban J connectivity index is 1.89. The molecule has 0 radical (unpaired) electrons. The van der Waals surface area contributed by atoms with E-state index >= 15 is 0 Å². The summed E-state index contributed by atoms with van der Waals surface area (Å²) in [7, 11) is 1.94. The van der Waals surface area contributed by atoms with Crippen molar-refractivity contribution in [3.05, 3.63) is 23.7 Å². The first kappa shape index (κ1) is 12.6. The van der Waals surface area contributed by atoms with Crippen LogP contribution in [0.1, 0.15) is 24.7 Å². The summed E-state index contributed by atoms with van der Waals surface area (Å²) >= 11 is 0. The van der Waals surface area contributed by atoms with Crippen molar-refractivity contribution in [1.29, 1.82) is 0 Å². The van der Waals surface area contributed by atoms with Gasteiger partial charge < -0.3 is 14.5 Å². The zero-order valence-corrected chi connectivity index (χ0v) is 10.7.